The summed E-state index contributed by atoms with van der Waals surface area (Å²) in [5, 5.41) is 0. The molecule has 0 bridgehead atoms. The van der Waals surface area contributed by atoms with E-state index in [4.69, 9.17) is 15.2 Å². The summed E-state index contributed by atoms with van der Waals surface area (Å²) in [7, 11) is 3.37. The lowest BCUT2D eigenvalue weighted by molar-refractivity contribution is 0.351. The maximum Gasteiger partial charge on any atom is 0.163 e. The molecule has 1 unspecified atom stereocenters. The number of benzene rings is 1. The van der Waals surface area contributed by atoms with E-state index >= 15 is 0 Å². The molecule has 0 aromatic heterocycles. The highest BCUT2D eigenvalue weighted by Gasteiger charge is 2.48. The van der Waals surface area contributed by atoms with Crippen molar-refractivity contribution in [2.24, 2.45) is 5.73 Å². The van der Waals surface area contributed by atoms with E-state index in [9.17, 15) is 0 Å². The summed E-state index contributed by atoms with van der Waals surface area (Å²) in [5.41, 5.74) is 10.1. The fourth-order valence-electron chi connectivity index (χ4n) is 2.89. The van der Waals surface area contributed by atoms with Crippen molar-refractivity contribution in [3.05, 3.63) is 22.8 Å². The fraction of sp³-hybridized carbons (Fsp3) is 0.600. The van der Waals surface area contributed by atoms with E-state index < -0.39 is 0 Å². The van der Waals surface area contributed by atoms with Crippen LogP contribution in [0.25, 0.3) is 0 Å². The minimum Gasteiger partial charge on any atom is -0.493 e. The first-order valence-corrected chi connectivity index (χ1v) is 6.46. The fourth-order valence-corrected chi connectivity index (χ4v) is 2.89. The Bertz CT molecular complexity index is 462. The first kappa shape index (κ1) is 13.2. The zero-order valence-electron chi connectivity index (χ0n) is 12.0. The Morgan fingerprint density at radius 3 is 2.17 bits per heavy atom. The Morgan fingerprint density at radius 1 is 1.17 bits per heavy atom. The average molecular weight is 249 g/mol. The highest BCUT2D eigenvalue weighted by atomic mass is 16.5. The summed E-state index contributed by atoms with van der Waals surface area (Å²) in [6, 6.07) is 2.28. The van der Waals surface area contributed by atoms with E-state index in [1.807, 2.05) is 0 Å². The maximum atomic E-state index is 6.17. The summed E-state index contributed by atoms with van der Waals surface area (Å²) in [4.78, 5) is 0. The maximum absolute atomic E-state index is 6.17. The van der Waals surface area contributed by atoms with Crippen LogP contribution in [0, 0.1) is 13.8 Å². The van der Waals surface area contributed by atoms with Gasteiger partial charge < -0.3 is 15.2 Å². The molecular formula is C15H23NO2. The lowest BCUT2D eigenvalue weighted by Crippen LogP contribution is -2.32. The van der Waals surface area contributed by atoms with Gasteiger partial charge in [-0.25, -0.2) is 0 Å². The van der Waals surface area contributed by atoms with E-state index in [-0.39, 0.29) is 11.5 Å². The molecule has 0 heterocycles. The second-order valence-corrected chi connectivity index (χ2v) is 5.35. The molecule has 1 atom stereocenters. The molecule has 3 heteroatoms. The number of nitrogens with two attached hydrogens (primary N) is 1. The van der Waals surface area contributed by atoms with Crippen molar-refractivity contribution in [2.75, 3.05) is 14.2 Å². The van der Waals surface area contributed by atoms with Gasteiger partial charge in [-0.3, -0.25) is 0 Å². The summed E-state index contributed by atoms with van der Waals surface area (Å²) < 4.78 is 10.9. The number of hydrogen-bond donors (Lipinski definition) is 1. The second kappa shape index (κ2) is 4.47. The predicted molar refractivity (Wildman–Crippen MR) is 73.6 cm³/mol. The van der Waals surface area contributed by atoms with Gasteiger partial charge in [0.2, 0.25) is 0 Å². The summed E-state index contributed by atoms with van der Waals surface area (Å²) in [6.45, 7) is 6.32. The van der Waals surface area contributed by atoms with Crippen LogP contribution in [0.4, 0.5) is 0 Å². The van der Waals surface area contributed by atoms with Crippen molar-refractivity contribution in [1.29, 1.82) is 0 Å². The molecule has 1 aliphatic rings. The van der Waals surface area contributed by atoms with Crippen molar-refractivity contribution >= 4 is 0 Å². The normalized spacial score (nSPS) is 18.3. The van der Waals surface area contributed by atoms with E-state index in [0.717, 1.165) is 17.1 Å². The van der Waals surface area contributed by atoms with Crippen LogP contribution < -0.4 is 15.2 Å². The minimum atomic E-state index is 0.147. The third kappa shape index (κ3) is 1.77. The van der Waals surface area contributed by atoms with Crippen LogP contribution in [0.5, 0.6) is 11.5 Å². The molecule has 1 fully saturated rings. The van der Waals surface area contributed by atoms with Gasteiger partial charge in [-0.05, 0) is 56.4 Å². The quantitative estimate of drug-likeness (QED) is 0.892. The van der Waals surface area contributed by atoms with Crippen molar-refractivity contribution < 1.29 is 9.47 Å². The molecule has 2 N–H and O–H groups in total. The molecule has 0 aliphatic heterocycles. The highest BCUT2D eigenvalue weighted by molar-refractivity contribution is 5.57. The van der Waals surface area contributed by atoms with Crippen LogP contribution in [0.2, 0.25) is 0 Å². The Labute approximate surface area is 109 Å². The number of methoxy groups -OCH3 is 2. The lowest BCUT2D eigenvalue weighted by Gasteiger charge is -2.25. The summed E-state index contributed by atoms with van der Waals surface area (Å²) >= 11 is 0. The van der Waals surface area contributed by atoms with Gasteiger partial charge in [-0.2, -0.15) is 0 Å². The molecule has 3 nitrogen and oxygen atoms in total. The molecule has 2 rings (SSSR count). The Balaban J connectivity index is 2.60. The Hall–Kier alpha value is -1.22. The molecule has 0 radical (unpaired) electrons. The van der Waals surface area contributed by atoms with Crippen molar-refractivity contribution in [3.63, 3.8) is 0 Å². The first-order chi connectivity index (χ1) is 8.47. The Morgan fingerprint density at radius 2 is 1.78 bits per heavy atom. The SMILES string of the molecule is COc1cc(C2(C(C)N)CC2)c(C)c(C)c1OC. The van der Waals surface area contributed by atoms with Gasteiger partial charge in [-0.1, -0.05) is 0 Å². The monoisotopic (exact) mass is 249 g/mol. The molecule has 0 saturated heterocycles. The van der Waals surface area contributed by atoms with Crippen LogP contribution in [0.1, 0.15) is 36.5 Å². The second-order valence-electron chi connectivity index (χ2n) is 5.35. The van der Waals surface area contributed by atoms with Crippen molar-refractivity contribution in [1.82, 2.24) is 0 Å². The summed E-state index contributed by atoms with van der Waals surface area (Å²) in [5.74, 6) is 1.64. The predicted octanol–water partition coefficient (Wildman–Crippen LogP) is 2.70. The number of hydrogen-bond acceptors (Lipinski definition) is 3. The molecule has 0 spiro atoms. The standard InChI is InChI=1S/C15H23NO2/c1-9-10(2)14(18-5)13(17-4)8-12(9)15(6-7-15)11(3)16/h8,11H,6-7,16H2,1-5H3. The van der Waals surface area contributed by atoms with Crippen LogP contribution in [-0.2, 0) is 5.41 Å². The molecule has 0 amide bonds. The van der Waals surface area contributed by atoms with Crippen molar-refractivity contribution in [3.8, 4) is 11.5 Å². The van der Waals surface area contributed by atoms with Crippen LogP contribution in [-0.4, -0.2) is 20.3 Å². The van der Waals surface area contributed by atoms with Crippen LogP contribution >= 0.6 is 0 Å². The molecular weight excluding hydrogens is 226 g/mol. The van der Waals surface area contributed by atoms with Gasteiger partial charge in [0.05, 0.1) is 14.2 Å². The zero-order valence-corrected chi connectivity index (χ0v) is 12.0. The van der Waals surface area contributed by atoms with E-state index in [1.54, 1.807) is 14.2 Å². The topological polar surface area (TPSA) is 44.5 Å². The number of ether oxygens (including phenoxy) is 2. The van der Waals surface area contributed by atoms with Crippen LogP contribution in [0.3, 0.4) is 0 Å². The zero-order chi connectivity index (χ0) is 13.5. The third-order valence-corrected chi connectivity index (χ3v) is 4.43. The molecule has 1 aromatic rings. The van der Waals surface area contributed by atoms with E-state index in [2.05, 4.69) is 26.8 Å². The van der Waals surface area contributed by atoms with Gasteiger partial charge in [0.1, 0.15) is 0 Å². The van der Waals surface area contributed by atoms with Crippen LogP contribution in [0.15, 0.2) is 6.07 Å². The average Bonchev–Trinajstić information content (AvgIpc) is 3.13. The third-order valence-electron chi connectivity index (χ3n) is 4.43. The van der Waals surface area contributed by atoms with Gasteiger partial charge >= 0.3 is 0 Å². The smallest absolute Gasteiger partial charge is 0.163 e. The van der Waals surface area contributed by atoms with Gasteiger partial charge in [0.15, 0.2) is 11.5 Å². The lowest BCUT2D eigenvalue weighted by atomic mass is 9.84. The molecule has 1 aliphatic carbocycles. The highest BCUT2D eigenvalue weighted by Crippen LogP contribution is 2.53. The largest absolute Gasteiger partial charge is 0.493 e. The van der Waals surface area contributed by atoms with Crippen molar-refractivity contribution in [2.45, 2.75) is 45.1 Å². The number of rotatable bonds is 4. The molecule has 1 aromatic carbocycles. The van der Waals surface area contributed by atoms with Gasteiger partial charge in [-0.15, -0.1) is 0 Å². The van der Waals surface area contributed by atoms with E-state index in [0.29, 0.717) is 0 Å². The van der Waals surface area contributed by atoms with E-state index in [1.165, 1.54) is 24.0 Å². The Kier molecular flexibility index (Phi) is 3.28. The summed E-state index contributed by atoms with van der Waals surface area (Å²) in [6.07, 6.45) is 2.33. The minimum absolute atomic E-state index is 0.147. The molecule has 18 heavy (non-hydrogen) atoms. The first-order valence-electron chi connectivity index (χ1n) is 6.46. The molecule has 100 valence electrons. The molecule has 1 saturated carbocycles. The van der Waals surface area contributed by atoms with Gasteiger partial charge in [0.25, 0.3) is 0 Å². The van der Waals surface area contributed by atoms with Gasteiger partial charge in [0, 0.05) is 11.5 Å².